The molecule has 0 aromatic heterocycles. The molecule has 25 heavy (non-hydrogen) atoms. The molecule has 0 spiro atoms. The molecule has 6 nitrogen and oxygen atoms in total. The van der Waals surface area contributed by atoms with E-state index in [0.717, 1.165) is 0 Å². The number of benzene rings is 1. The van der Waals surface area contributed by atoms with Crippen molar-refractivity contribution in [2.75, 3.05) is 19.8 Å². The summed E-state index contributed by atoms with van der Waals surface area (Å²) in [7, 11) is -3.91. The number of halogens is 3. The Morgan fingerprint density at radius 3 is 2.24 bits per heavy atom. The Balaban J connectivity index is 3.09. The van der Waals surface area contributed by atoms with E-state index in [2.05, 4.69) is 4.99 Å². The van der Waals surface area contributed by atoms with Crippen LogP contribution in [0.1, 0.15) is 19.4 Å². The summed E-state index contributed by atoms with van der Waals surface area (Å²) < 4.78 is 26.4. The standard InChI is InChI=1S/C15H19Cl3NO5P/c1-3-23-25(21,24-4-2)13(14(20)22-11-15(16,17)18)19-10-12-8-6-5-7-9-12/h5-10,13H,3-4,11H2,1-2H3. The highest BCUT2D eigenvalue weighted by Crippen LogP contribution is 2.54. The molecule has 1 atom stereocenters. The van der Waals surface area contributed by atoms with Gasteiger partial charge in [-0.05, 0) is 19.4 Å². The lowest BCUT2D eigenvalue weighted by Gasteiger charge is -2.22. The van der Waals surface area contributed by atoms with Crippen LogP contribution in [0.4, 0.5) is 0 Å². The predicted molar refractivity (Wildman–Crippen MR) is 99.9 cm³/mol. The monoisotopic (exact) mass is 429 g/mol. The number of aliphatic imine (C=N–C) groups is 1. The van der Waals surface area contributed by atoms with Gasteiger partial charge in [-0.2, -0.15) is 0 Å². The van der Waals surface area contributed by atoms with Crippen molar-refractivity contribution in [1.29, 1.82) is 0 Å². The van der Waals surface area contributed by atoms with Gasteiger partial charge in [0.25, 0.3) is 0 Å². The van der Waals surface area contributed by atoms with E-state index in [-0.39, 0.29) is 13.2 Å². The average Bonchev–Trinajstić information content (AvgIpc) is 2.54. The topological polar surface area (TPSA) is 74.2 Å². The second-order valence-corrected chi connectivity index (χ2v) is 9.26. The van der Waals surface area contributed by atoms with Crippen LogP contribution >= 0.6 is 42.4 Å². The van der Waals surface area contributed by atoms with E-state index in [1.165, 1.54) is 6.21 Å². The lowest BCUT2D eigenvalue weighted by Crippen LogP contribution is -2.27. The zero-order chi connectivity index (χ0) is 18.9. The van der Waals surface area contributed by atoms with Gasteiger partial charge in [0.05, 0.1) is 13.2 Å². The summed E-state index contributed by atoms with van der Waals surface area (Å²) in [6, 6.07) is 8.94. The minimum atomic E-state index is -3.91. The third-order valence-corrected chi connectivity index (χ3v) is 5.18. The van der Waals surface area contributed by atoms with Crippen molar-refractivity contribution in [2.45, 2.75) is 23.4 Å². The molecule has 0 aliphatic rings. The lowest BCUT2D eigenvalue weighted by atomic mass is 10.2. The average molecular weight is 431 g/mol. The number of carbonyl (C=O) groups is 1. The van der Waals surface area contributed by atoms with Gasteiger partial charge < -0.3 is 13.8 Å². The summed E-state index contributed by atoms with van der Waals surface area (Å²) in [4.78, 5) is 16.4. The first-order valence-electron chi connectivity index (χ1n) is 7.42. The van der Waals surface area contributed by atoms with Gasteiger partial charge in [0.2, 0.25) is 9.58 Å². The Morgan fingerprint density at radius 1 is 1.20 bits per heavy atom. The number of rotatable bonds is 9. The van der Waals surface area contributed by atoms with Crippen LogP contribution in [0.15, 0.2) is 35.3 Å². The van der Waals surface area contributed by atoms with Gasteiger partial charge in [-0.3, -0.25) is 9.56 Å². The summed E-state index contributed by atoms with van der Waals surface area (Å²) in [6.45, 7) is 2.84. The molecule has 0 fully saturated rings. The number of alkyl halides is 3. The van der Waals surface area contributed by atoms with E-state index < -0.39 is 29.7 Å². The highest BCUT2D eigenvalue weighted by Gasteiger charge is 2.43. The lowest BCUT2D eigenvalue weighted by molar-refractivity contribution is -0.143. The van der Waals surface area contributed by atoms with Gasteiger partial charge in [-0.15, -0.1) is 0 Å². The van der Waals surface area contributed by atoms with Crippen LogP contribution in [0.2, 0.25) is 0 Å². The fourth-order valence-corrected chi connectivity index (χ4v) is 3.54. The summed E-state index contributed by atoms with van der Waals surface area (Å²) in [6.07, 6.45) is 1.38. The molecule has 0 aliphatic heterocycles. The zero-order valence-corrected chi connectivity index (χ0v) is 16.9. The van der Waals surface area contributed by atoms with Gasteiger partial charge in [-0.25, -0.2) is 4.79 Å². The van der Waals surface area contributed by atoms with Crippen molar-refractivity contribution in [3.8, 4) is 0 Å². The maximum absolute atomic E-state index is 12.9. The molecule has 140 valence electrons. The fourth-order valence-electron chi connectivity index (χ4n) is 1.73. The predicted octanol–water partition coefficient (Wildman–Crippen LogP) is 4.61. The molecular weight excluding hydrogens is 412 g/mol. The first kappa shape index (κ1) is 22.4. The molecule has 1 aromatic carbocycles. The van der Waals surface area contributed by atoms with E-state index in [1.807, 2.05) is 6.07 Å². The van der Waals surface area contributed by atoms with Gasteiger partial charge in [0.15, 0.2) is 0 Å². The number of hydrogen-bond donors (Lipinski definition) is 0. The third-order valence-electron chi connectivity index (χ3n) is 2.67. The highest BCUT2D eigenvalue weighted by molar-refractivity contribution is 7.55. The van der Waals surface area contributed by atoms with Crippen molar-refractivity contribution < 1.29 is 23.1 Å². The van der Waals surface area contributed by atoms with Gasteiger partial charge >= 0.3 is 13.6 Å². The quantitative estimate of drug-likeness (QED) is 0.247. The molecule has 0 radical (unpaired) electrons. The smallest absolute Gasteiger partial charge is 0.366 e. The molecule has 0 amide bonds. The molecule has 10 heteroatoms. The second-order valence-electron chi connectivity index (χ2n) is 4.66. The van der Waals surface area contributed by atoms with E-state index in [1.54, 1.807) is 38.1 Å². The Morgan fingerprint density at radius 2 is 1.76 bits per heavy atom. The number of hydrogen-bond acceptors (Lipinski definition) is 6. The molecule has 1 aromatic rings. The molecule has 0 N–H and O–H groups in total. The molecule has 0 aliphatic carbocycles. The Hall–Kier alpha value is -0.620. The third kappa shape index (κ3) is 8.07. The molecule has 0 heterocycles. The van der Waals surface area contributed by atoms with Gasteiger partial charge in [-0.1, -0.05) is 65.1 Å². The fraction of sp³-hybridized carbons (Fsp3) is 0.467. The maximum Gasteiger partial charge on any atom is 0.366 e. The van der Waals surface area contributed by atoms with Crippen LogP contribution < -0.4 is 0 Å². The van der Waals surface area contributed by atoms with Crippen LogP contribution in [0, 0.1) is 0 Å². The number of nitrogens with zero attached hydrogens (tertiary/aromatic N) is 1. The Bertz CT molecular complexity index is 611. The largest absolute Gasteiger partial charge is 0.459 e. The zero-order valence-electron chi connectivity index (χ0n) is 13.7. The van der Waals surface area contributed by atoms with Crippen molar-refractivity contribution in [3.63, 3.8) is 0 Å². The normalized spacial score (nSPS) is 13.8. The van der Waals surface area contributed by atoms with E-state index in [4.69, 9.17) is 48.6 Å². The van der Waals surface area contributed by atoms with Crippen molar-refractivity contribution >= 4 is 54.6 Å². The van der Waals surface area contributed by atoms with Crippen LogP contribution in [0.3, 0.4) is 0 Å². The summed E-state index contributed by atoms with van der Waals surface area (Å²) in [5, 5.41) is 0. The molecule has 0 saturated heterocycles. The van der Waals surface area contributed by atoms with Crippen LogP contribution in [0.5, 0.6) is 0 Å². The van der Waals surface area contributed by atoms with E-state index >= 15 is 0 Å². The molecule has 1 unspecified atom stereocenters. The number of carbonyl (C=O) groups excluding carboxylic acids is 1. The highest BCUT2D eigenvalue weighted by atomic mass is 35.6. The summed E-state index contributed by atoms with van der Waals surface area (Å²) in [5.74, 6) is -2.50. The van der Waals surface area contributed by atoms with Gasteiger partial charge in [0, 0.05) is 6.21 Å². The maximum atomic E-state index is 12.9. The van der Waals surface area contributed by atoms with Crippen molar-refractivity contribution in [1.82, 2.24) is 0 Å². The van der Waals surface area contributed by atoms with Gasteiger partial charge in [0.1, 0.15) is 6.61 Å². The van der Waals surface area contributed by atoms with Crippen LogP contribution in [0.25, 0.3) is 0 Å². The number of ether oxygens (including phenoxy) is 1. The first-order chi connectivity index (χ1) is 11.7. The SMILES string of the molecule is CCOP(=O)(OCC)C(N=Cc1ccccc1)C(=O)OCC(Cl)(Cl)Cl. The molecular formula is C15H19Cl3NO5P. The summed E-state index contributed by atoms with van der Waals surface area (Å²) in [5.41, 5.74) is 0.696. The van der Waals surface area contributed by atoms with E-state index in [9.17, 15) is 9.36 Å². The first-order valence-corrected chi connectivity index (χ1v) is 10.2. The van der Waals surface area contributed by atoms with Crippen molar-refractivity contribution in [3.05, 3.63) is 35.9 Å². The second kappa shape index (κ2) is 10.5. The molecule has 0 saturated carbocycles. The molecule has 0 bridgehead atoms. The Labute approximate surface area is 161 Å². The minimum absolute atomic E-state index is 0.0619. The summed E-state index contributed by atoms with van der Waals surface area (Å²) >= 11 is 16.7. The Kier molecular flexibility index (Phi) is 9.43. The van der Waals surface area contributed by atoms with E-state index in [0.29, 0.717) is 5.56 Å². The number of esters is 1. The van der Waals surface area contributed by atoms with Crippen molar-refractivity contribution in [2.24, 2.45) is 4.99 Å². The van der Waals surface area contributed by atoms with Crippen LogP contribution in [-0.4, -0.2) is 41.6 Å². The molecule has 1 rings (SSSR count). The minimum Gasteiger partial charge on any atom is -0.459 e. The van der Waals surface area contributed by atoms with Crippen LogP contribution in [-0.2, 0) is 23.1 Å².